The molecule has 2 fully saturated rings. The molecule has 5 heteroatoms. The molecule has 1 amide bonds. The van der Waals surface area contributed by atoms with E-state index in [9.17, 15) is 9.59 Å². The Bertz CT molecular complexity index is 318. The first-order valence-electron chi connectivity index (χ1n) is 6.32. The summed E-state index contributed by atoms with van der Waals surface area (Å²) in [5, 5.41) is 9.04. The van der Waals surface area contributed by atoms with Gasteiger partial charge in [-0.1, -0.05) is 6.92 Å². The van der Waals surface area contributed by atoms with Gasteiger partial charge in [-0.3, -0.25) is 4.79 Å². The first-order chi connectivity index (χ1) is 8.13. The Kier molecular flexibility index (Phi) is 3.66. The summed E-state index contributed by atoms with van der Waals surface area (Å²) in [6.07, 6.45) is 3.61. The number of hydrogen-bond acceptors (Lipinski definition) is 3. The van der Waals surface area contributed by atoms with E-state index < -0.39 is 18.1 Å². The average Bonchev–Trinajstić information content (AvgIpc) is 2.97. The molecule has 17 heavy (non-hydrogen) atoms. The van der Waals surface area contributed by atoms with Crippen molar-refractivity contribution in [1.29, 1.82) is 0 Å². The highest BCUT2D eigenvalue weighted by Gasteiger charge is 2.39. The zero-order chi connectivity index (χ0) is 12.4. The van der Waals surface area contributed by atoms with Gasteiger partial charge in [-0.2, -0.15) is 0 Å². The molecule has 0 aromatic heterocycles. The minimum absolute atomic E-state index is 0.133. The maximum Gasteiger partial charge on any atom is 0.326 e. The van der Waals surface area contributed by atoms with Crippen molar-refractivity contribution in [3.63, 3.8) is 0 Å². The van der Waals surface area contributed by atoms with Crippen LogP contribution in [0.3, 0.4) is 0 Å². The van der Waals surface area contributed by atoms with Crippen LogP contribution in [-0.4, -0.2) is 46.7 Å². The fourth-order valence-electron chi connectivity index (χ4n) is 2.66. The lowest BCUT2D eigenvalue weighted by atomic mass is 10.1. The van der Waals surface area contributed by atoms with Gasteiger partial charge in [0.25, 0.3) is 5.91 Å². The Morgan fingerprint density at radius 2 is 2.12 bits per heavy atom. The molecule has 5 nitrogen and oxygen atoms in total. The summed E-state index contributed by atoms with van der Waals surface area (Å²) in [6, 6.07) is -0.647. The normalized spacial score (nSPS) is 33.0. The number of amides is 1. The lowest BCUT2D eigenvalue weighted by molar-refractivity contribution is -0.153. The smallest absolute Gasteiger partial charge is 0.326 e. The summed E-state index contributed by atoms with van der Waals surface area (Å²) in [4.78, 5) is 24.7. The van der Waals surface area contributed by atoms with Gasteiger partial charge in [-0.05, 0) is 32.1 Å². The van der Waals surface area contributed by atoms with Crippen LogP contribution in [0, 0.1) is 0 Å². The number of rotatable bonds is 3. The van der Waals surface area contributed by atoms with Gasteiger partial charge in [-0.25, -0.2) is 4.79 Å². The summed E-state index contributed by atoms with van der Waals surface area (Å²) in [5.74, 6) is -1.04. The molecule has 3 unspecified atom stereocenters. The number of hydrogen-bond donors (Lipinski definition) is 1. The van der Waals surface area contributed by atoms with Crippen molar-refractivity contribution >= 4 is 11.9 Å². The minimum Gasteiger partial charge on any atom is -0.480 e. The van der Waals surface area contributed by atoms with Gasteiger partial charge in [-0.15, -0.1) is 0 Å². The molecule has 0 bridgehead atoms. The number of nitrogens with zero attached hydrogens (tertiary/aromatic N) is 1. The number of carboxylic acids is 1. The van der Waals surface area contributed by atoms with E-state index in [1.165, 1.54) is 4.90 Å². The molecule has 96 valence electrons. The van der Waals surface area contributed by atoms with Gasteiger partial charge in [0.1, 0.15) is 12.1 Å². The summed E-state index contributed by atoms with van der Waals surface area (Å²) < 4.78 is 5.63. The van der Waals surface area contributed by atoms with Crippen LogP contribution < -0.4 is 0 Å². The Balaban J connectivity index is 1.98. The number of carbonyl (C=O) groups excluding carboxylic acids is 1. The Hall–Kier alpha value is -1.10. The maximum absolute atomic E-state index is 12.2. The van der Waals surface area contributed by atoms with Crippen molar-refractivity contribution < 1.29 is 19.4 Å². The molecule has 2 heterocycles. The molecule has 3 atom stereocenters. The fourth-order valence-corrected chi connectivity index (χ4v) is 2.66. The van der Waals surface area contributed by atoms with Crippen LogP contribution in [0.2, 0.25) is 0 Å². The summed E-state index contributed by atoms with van der Waals surface area (Å²) in [6.45, 7) is 2.58. The Morgan fingerprint density at radius 1 is 1.35 bits per heavy atom. The molecule has 0 spiro atoms. The van der Waals surface area contributed by atoms with E-state index in [4.69, 9.17) is 9.84 Å². The van der Waals surface area contributed by atoms with E-state index in [-0.39, 0.29) is 12.0 Å². The molecular formula is C12H19NO4. The van der Waals surface area contributed by atoms with E-state index in [2.05, 4.69) is 0 Å². The molecule has 1 N–H and O–H groups in total. The van der Waals surface area contributed by atoms with Crippen molar-refractivity contribution in [2.45, 2.75) is 57.3 Å². The lowest BCUT2D eigenvalue weighted by Crippen LogP contribution is -2.45. The molecule has 2 aliphatic rings. The second kappa shape index (κ2) is 5.04. The third-order valence-corrected chi connectivity index (χ3v) is 3.66. The standard InChI is InChI=1S/C12H19NO4/c1-2-8-5-6-10(17-8)11(14)13-7-3-4-9(13)12(15)16/h8-10H,2-7H2,1H3,(H,15,16). The molecule has 0 aromatic rings. The number of likely N-dealkylation sites (tertiary alicyclic amines) is 1. The van der Waals surface area contributed by atoms with Gasteiger partial charge >= 0.3 is 5.97 Å². The van der Waals surface area contributed by atoms with Crippen LogP contribution in [0.1, 0.15) is 39.0 Å². The Labute approximate surface area is 101 Å². The topological polar surface area (TPSA) is 66.8 Å². The molecular weight excluding hydrogens is 222 g/mol. The van der Waals surface area contributed by atoms with Crippen LogP contribution in [-0.2, 0) is 14.3 Å². The van der Waals surface area contributed by atoms with Crippen LogP contribution in [0.4, 0.5) is 0 Å². The number of carbonyl (C=O) groups is 2. The van der Waals surface area contributed by atoms with Crippen molar-refractivity contribution in [2.75, 3.05) is 6.54 Å². The zero-order valence-electron chi connectivity index (χ0n) is 10.1. The van der Waals surface area contributed by atoms with E-state index in [0.29, 0.717) is 13.0 Å². The third kappa shape index (κ3) is 2.44. The SMILES string of the molecule is CCC1CCC(C(=O)N2CCCC2C(=O)O)O1. The number of ether oxygens (including phenoxy) is 1. The predicted molar refractivity (Wildman–Crippen MR) is 60.6 cm³/mol. The van der Waals surface area contributed by atoms with Crippen LogP contribution in [0.5, 0.6) is 0 Å². The van der Waals surface area contributed by atoms with E-state index in [0.717, 1.165) is 25.7 Å². The second-order valence-electron chi connectivity index (χ2n) is 4.76. The summed E-state index contributed by atoms with van der Waals surface area (Å²) in [5.41, 5.74) is 0. The highest BCUT2D eigenvalue weighted by molar-refractivity contribution is 5.87. The number of aliphatic carboxylic acids is 1. The summed E-state index contributed by atoms with van der Waals surface area (Å²) >= 11 is 0. The molecule has 0 saturated carbocycles. The summed E-state index contributed by atoms with van der Waals surface area (Å²) in [7, 11) is 0. The number of carboxylic acid groups (broad SMARTS) is 1. The molecule has 2 rings (SSSR count). The predicted octanol–water partition coefficient (Wildman–Crippen LogP) is 1.02. The van der Waals surface area contributed by atoms with Gasteiger partial charge < -0.3 is 14.7 Å². The van der Waals surface area contributed by atoms with E-state index >= 15 is 0 Å². The van der Waals surface area contributed by atoms with Gasteiger partial charge in [0.05, 0.1) is 6.10 Å². The van der Waals surface area contributed by atoms with Crippen molar-refractivity contribution in [3.8, 4) is 0 Å². The van der Waals surface area contributed by atoms with Crippen molar-refractivity contribution in [1.82, 2.24) is 4.90 Å². The molecule has 0 radical (unpaired) electrons. The highest BCUT2D eigenvalue weighted by atomic mass is 16.5. The molecule has 0 aliphatic carbocycles. The largest absolute Gasteiger partial charge is 0.480 e. The van der Waals surface area contributed by atoms with Crippen LogP contribution in [0.25, 0.3) is 0 Å². The quantitative estimate of drug-likeness (QED) is 0.801. The third-order valence-electron chi connectivity index (χ3n) is 3.66. The van der Waals surface area contributed by atoms with Gasteiger partial charge in [0.15, 0.2) is 0 Å². The molecule has 2 saturated heterocycles. The zero-order valence-corrected chi connectivity index (χ0v) is 10.1. The first-order valence-corrected chi connectivity index (χ1v) is 6.32. The maximum atomic E-state index is 12.2. The monoisotopic (exact) mass is 241 g/mol. The first kappa shape index (κ1) is 12.4. The molecule has 2 aliphatic heterocycles. The minimum atomic E-state index is -0.902. The van der Waals surface area contributed by atoms with Gasteiger partial charge in [0.2, 0.25) is 0 Å². The van der Waals surface area contributed by atoms with Crippen LogP contribution in [0.15, 0.2) is 0 Å². The average molecular weight is 241 g/mol. The van der Waals surface area contributed by atoms with E-state index in [1.54, 1.807) is 0 Å². The van der Waals surface area contributed by atoms with Crippen molar-refractivity contribution in [2.24, 2.45) is 0 Å². The lowest BCUT2D eigenvalue weighted by Gasteiger charge is -2.24. The highest BCUT2D eigenvalue weighted by Crippen LogP contribution is 2.26. The van der Waals surface area contributed by atoms with Gasteiger partial charge in [0, 0.05) is 6.54 Å². The second-order valence-corrected chi connectivity index (χ2v) is 4.76. The van der Waals surface area contributed by atoms with Crippen molar-refractivity contribution in [3.05, 3.63) is 0 Å². The Morgan fingerprint density at radius 3 is 2.71 bits per heavy atom. The fraction of sp³-hybridized carbons (Fsp3) is 0.833. The van der Waals surface area contributed by atoms with Crippen LogP contribution >= 0.6 is 0 Å². The molecule has 0 aromatic carbocycles. The van der Waals surface area contributed by atoms with E-state index in [1.807, 2.05) is 6.92 Å².